The van der Waals surface area contributed by atoms with Crippen LogP contribution in [-0.2, 0) is 27.9 Å². The molecule has 3 unspecified atom stereocenters. The second-order valence-corrected chi connectivity index (χ2v) is 17.5. The molecule has 0 aromatic carbocycles. The lowest BCUT2D eigenvalue weighted by atomic mass is 10.1. The molecule has 10 heteroatoms. The van der Waals surface area contributed by atoms with Crippen LogP contribution in [0.3, 0.4) is 0 Å². The van der Waals surface area contributed by atoms with E-state index >= 15 is 0 Å². The summed E-state index contributed by atoms with van der Waals surface area (Å²) in [6.07, 6.45) is 54.6. The number of hydrogen-bond donors (Lipinski definition) is 3. The first-order valence-corrected chi connectivity index (χ1v) is 25.8. The van der Waals surface area contributed by atoms with E-state index in [-0.39, 0.29) is 19.6 Å². The number of aliphatic hydroxyl groups excluding tert-OH is 2. The van der Waals surface area contributed by atoms with Gasteiger partial charge in [-0.15, -0.1) is 0 Å². The van der Waals surface area contributed by atoms with E-state index in [1.807, 2.05) is 0 Å². The van der Waals surface area contributed by atoms with E-state index in [9.17, 15) is 19.4 Å². The Bertz CT molecular complexity index is 1120. The fourth-order valence-corrected chi connectivity index (χ4v) is 7.31. The zero-order valence-corrected chi connectivity index (χ0v) is 39.3. The largest absolute Gasteiger partial charge is 0.472 e. The fourth-order valence-electron chi connectivity index (χ4n) is 6.52. The number of carbonyl (C=O) groups is 1. The summed E-state index contributed by atoms with van der Waals surface area (Å²) in [5.41, 5.74) is 0. The molecule has 0 aliphatic carbocycles. The number of carbonyl (C=O) groups excluding carboxylic acids is 1. The summed E-state index contributed by atoms with van der Waals surface area (Å²) in [6, 6.07) is 0. The molecule has 3 N–H and O–H groups in total. The number of rotatable bonds is 46. The molecule has 0 saturated heterocycles. The Balaban J connectivity index is 4.14. The topological polar surface area (TPSA) is 132 Å². The number of esters is 1. The van der Waals surface area contributed by atoms with E-state index in [4.69, 9.17) is 23.6 Å². The number of phosphoric acid groups is 1. The van der Waals surface area contributed by atoms with Gasteiger partial charge in [-0.3, -0.25) is 13.8 Å². The Labute approximate surface area is 368 Å². The summed E-state index contributed by atoms with van der Waals surface area (Å²) in [7, 11) is -4.53. The number of hydrogen-bond acceptors (Lipinski definition) is 8. The summed E-state index contributed by atoms with van der Waals surface area (Å²) < 4.78 is 33.5. The molecular weight excluding hydrogens is 776 g/mol. The van der Waals surface area contributed by atoms with Crippen molar-refractivity contribution in [3.05, 3.63) is 60.8 Å². The van der Waals surface area contributed by atoms with E-state index in [1.54, 1.807) is 0 Å². The van der Waals surface area contributed by atoms with Crippen molar-refractivity contribution in [1.82, 2.24) is 0 Å². The van der Waals surface area contributed by atoms with Gasteiger partial charge in [-0.1, -0.05) is 184 Å². The molecule has 0 heterocycles. The van der Waals surface area contributed by atoms with Crippen LogP contribution < -0.4 is 0 Å². The van der Waals surface area contributed by atoms with Gasteiger partial charge in [0.15, 0.2) is 0 Å². The van der Waals surface area contributed by atoms with Crippen molar-refractivity contribution in [2.75, 3.05) is 33.0 Å². The van der Waals surface area contributed by atoms with Gasteiger partial charge in [-0.2, -0.15) is 0 Å². The summed E-state index contributed by atoms with van der Waals surface area (Å²) in [4.78, 5) is 22.7. The van der Waals surface area contributed by atoms with Gasteiger partial charge in [0.2, 0.25) is 0 Å². The summed E-state index contributed by atoms with van der Waals surface area (Å²) in [6.45, 7) is 3.39. The molecule has 3 atom stereocenters. The minimum atomic E-state index is -4.53. The van der Waals surface area contributed by atoms with Crippen LogP contribution in [0.15, 0.2) is 60.8 Å². The van der Waals surface area contributed by atoms with E-state index in [2.05, 4.69) is 74.6 Å². The quantitative estimate of drug-likeness (QED) is 0.0237. The van der Waals surface area contributed by atoms with Crippen molar-refractivity contribution in [2.45, 2.75) is 219 Å². The van der Waals surface area contributed by atoms with Crippen LogP contribution in [-0.4, -0.2) is 66.3 Å². The van der Waals surface area contributed by atoms with Gasteiger partial charge < -0.3 is 24.6 Å². The Morgan fingerprint density at radius 3 is 1.45 bits per heavy atom. The highest BCUT2D eigenvalue weighted by atomic mass is 31.2. The van der Waals surface area contributed by atoms with Crippen LogP contribution in [0.1, 0.15) is 206 Å². The van der Waals surface area contributed by atoms with Gasteiger partial charge in [0, 0.05) is 13.0 Å². The van der Waals surface area contributed by atoms with Gasteiger partial charge in [0.05, 0.1) is 26.4 Å². The van der Waals surface area contributed by atoms with Crippen molar-refractivity contribution in [3.8, 4) is 0 Å². The molecule has 0 radical (unpaired) electrons. The number of ether oxygens (including phenoxy) is 2. The van der Waals surface area contributed by atoms with E-state index in [0.29, 0.717) is 13.0 Å². The first kappa shape index (κ1) is 58.2. The van der Waals surface area contributed by atoms with E-state index in [0.717, 1.165) is 83.5 Å². The Morgan fingerprint density at radius 1 is 0.533 bits per heavy atom. The van der Waals surface area contributed by atoms with Crippen molar-refractivity contribution >= 4 is 13.8 Å². The fraction of sp³-hybridized carbons (Fsp3) is 0.780. The standard InChI is InChI=1S/C50H91O9P/c1-3-5-7-9-11-13-15-17-19-21-23-25-27-29-31-33-35-37-39-41-43-56-46-49(47-58-60(54,55)57-45-48(52)44-51)59-50(53)42-40-38-36-34-32-30-28-26-24-22-20-18-16-14-12-10-8-6-4-2/h6,8,12,14,17-20,24,26,48-49,51-52H,3-5,7,9-11,13,15-16,21-23,25,27-47H2,1-2H3,(H,54,55)/b8-6-,14-12-,19-17-,20-18-,26-24-. The second-order valence-electron chi connectivity index (χ2n) is 16.1. The molecule has 60 heavy (non-hydrogen) atoms. The zero-order chi connectivity index (χ0) is 43.9. The molecule has 0 bridgehead atoms. The van der Waals surface area contributed by atoms with Crippen LogP contribution in [0.4, 0.5) is 0 Å². The number of aliphatic hydroxyl groups is 2. The lowest BCUT2D eigenvalue weighted by Gasteiger charge is -2.20. The van der Waals surface area contributed by atoms with Crippen LogP contribution >= 0.6 is 7.82 Å². The van der Waals surface area contributed by atoms with Crippen LogP contribution in [0.25, 0.3) is 0 Å². The van der Waals surface area contributed by atoms with E-state index < -0.39 is 39.2 Å². The molecule has 0 spiro atoms. The van der Waals surface area contributed by atoms with Crippen molar-refractivity contribution < 1.29 is 43.0 Å². The molecule has 0 saturated carbocycles. The Kier molecular flexibility index (Phi) is 45.2. The molecule has 0 aromatic heterocycles. The van der Waals surface area contributed by atoms with Crippen LogP contribution in [0.5, 0.6) is 0 Å². The highest BCUT2D eigenvalue weighted by molar-refractivity contribution is 7.47. The third-order valence-electron chi connectivity index (χ3n) is 10.2. The lowest BCUT2D eigenvalue weighted by molar-refractivity contribution is -0.154. The maximum Gasteiger partial charge on any atom is 0.472 e. The maximum atomic E-state index is 12.7. The van der Waals surface area contributed by atoms with Crippen LogP contribution in [0, 0.1) is 0 Å². The third kappa shape index (κ3) is 45.7. The van der Waals surface area contributed by atoms with Gasteiger partial charge in [-0.25, -0.2) is 4.57 Å². The monoisotopic (exact) mass is 867 g/mol. The molecule has 0 aliphatic heterocycles. The molecule has 0 rings (SSSR count). The average molecular weight is 867 g/mol. The zero-order valence-electron chi connectivity index (χ0n) is 38.4. The second kappa shape index (κ2) is 46.7. The molecular formula is C50H91O9P. The van der Waals surface area contributed by atoms with Gasteiger partial charge in [-0.05, 0) is 77.0 Å². The smallest absolute Gasteiger partial charge is 0.457 e. The summed E-state index contributed by atoms with van der Waals surface area (Å²) in [5, 5.41) is 18.4. The van der Waals surface area contributed by atoms with Gasteiger partial charge >= 0.3 is 13.8 Å². The summed E-state index contributed by atoms with van der Waals surface area (Å²) in [5.74, 6) is -0.397. The van der Waals surface area contributed by atoms with Crippen molar-refractivity contribution in [2.24, 2.45) is 0 Å². The highest BCUT2D eigenvalue weighted by Gasteiger charge is 2.26. The molecule has 9 nitrogen and oxygen atoms in total. The normalized spacial score (nSPS) is 14.4. The van der Waals surface area contributed by atoms with E-state index in [1.165, 1.54) is 96.3 Å². The number of phosphoric ester groups is 1. The minimum Gasteiger partial charge on any atom is -0.457 e. The Hall–Kier alpha value is -1.84. The molecule has 0 fully saturated rings. The van der Waals surface area contributed by atoms with Gasteiger partial charge in [0.1, 0.15) is 12.2 Å². The first-order valence-electron chi connectivity index (χ1n) is 24.3. The molecule has 0 aliphatic rings. The minimum absolute atomic E-state index is 0.0409. The first-order chi connectivity index (χ1) is 29.3. The van der Waals surface area contributed by atoms with Crippen molar-refractivity contribution in [1.29, 1.82) is 0 Å². The number of allylic oxidation sites excluding steroid dienone is 10. The molecule has 350 valence electrons. The third-order valence-corrected chi connectivity index (χ3v) is 11.1. The number of unbranched alkanes of at least 4 members (excludes halogenated alkanes) is 22. The lowest BCUT2D eigenvalue weighted by Crippen LogP contribution is -2.29. The molecule has 0 aromatic rings. The Morgan fingerprint density at radius 2 is 0.950 bits per heavy atom. The highest BCUT2D eigenvalue weighted by Crippen LogP contribution is 2.43. The van der Waals surface area contributed by atoms with Crippen molar-refractivity contribution in [3.63, 3.8) is 0 Å². The average Bonchev–Trinajstić information content (AvgIpc) is 3.24. The van der Waals surface area contributed by atoms with Crippen LogP contribution in [0.2, 0.25) is 0 Å². The maximum absolute atomic E-state index is 12.7. The predicted octanol–water partition coefficient (Wildman–Crippen LogP) is 13.9. The predicted molar refractivity (Wildman–Crippen MR) is 251 cm³/mol. The summed E-state index contributed by atoms with van der Waals surface area (Å²) >= 11 is 0. The molecule has 0 amide bonds. The van der Waals surface area contributed by atoms with Gasteiger partial charge in [0.25, 0.3) is 0 Å². The SMILES string of the molecule is CC/C=C\C/C=C\C/C=C\C/C=C\CCCCCCCCC(=O)OC(COCCCCCCCCCCCC/C=C\CCCCCCCC)COP(=O)(O)OCC(O)CO.